The monoisotopic (exact) mass is 480 g/mol. The number of ether oxygens (including phenoxy) is 1. The van der Waals surface area contributed by atoms with Crippen molar-refractivity contribution in [3.05, 3.63) is 0 Å². The van der Waals surface area contributed by atoms with Crippen molar-refractivity contribution in [1.82, 2.24) is 0 Å². The summed E-state index contributed by atoms with van der Waals surface area (Å²) in [6.45, 7) is 32.3. The summed E-state index contributed by atoms with van der Waals surface area (Å²) in [6, 6.07) is 0. The zero-order valence-corrected chi connectivity index (χ0v) is 26.1. The van der Waals surface area contributed by atoms with Crippen LogP contribution in [0.25, 0.3) is 0 Å². The second-order valence-corrected chi connectivity index (χ2v) is 12.0. The molecule has 34 heavy (non-hydrogen) atoms. The maximum absolute atomic E-state index is 14.3. The Labute approximate surface area is 215 Å². The highest BCUT2D eigenvalue weighted by Crippen LogP contribution is 2.75. The molecular weight excluding hydrogens is 416 g/mol. The van der Waals surface area contributed by atoms with E-state index in [0.717, 1.165) is 38.5 Å². The van der Waals surface area contributed by atoms with Gasteiger partial charge in [-0.2, -0.15) is 0 Å². The van der Waals surface area contributed by atoms with Crippen LogP contribution >= 0.6 is 0 Å². The van der Waals surface area contributed by atoms with Crippen molar-refractivity contribution < 1.29 is 9.53 Å². The minimum absolute atomic E-state index is 0.0381. The average Bonchev–Trinajstić information content (AvgIpc) is 2.82. The van der Waals surface area contributed by atoms with E-state index in [1.807, 2.05) is 20.8 Å². The van der Waals surface area contributed by atoms with Crippen LogP contribution in [-0.2, 0) is 9.53 Å². The molecule has 0 aliphatic heterocycles. The Balaban J connectivity index is 7.89. The molecule has 0 aromatic carbocycles. The van der Waals surface area contributed by atoms with Gasteiger partial charge in [0.2, 0.25) is 0 Å². The fraction of sp³-hybridized carbons (Fsp3) is 0.969. The van der Waals surface area contributed by atoms with Crippen molar-refractivity contribution in [3.8, 4) is 0 Å². The Kier molecular flexibility index (Phi) is 12.4. The van der Waals surface area contributed by atoms with Crippen molar-refractivity contribution in [2.45, 2.75) is 173 Å². The van der Waals surface area contributed by atoms with E-state index in [9.17, 15) is 4.79 Å². The summed E-state index contributed by atoms with van der Waals surface area (Å²) >= 11 is 0. The van der Waals surface area contributed by atoms with Crippen LogP contribution in [0.2, 0.25) is 0 Å². The van der Waals surface area contributed by atoms with Crippen molar-refractivity contribution in [3.63, 3.8) is 0 Å². The Hall–Kier alpha value is -0.530. The van der Waals surface area contributed by atoms with Crippen molar-refractivity contribution in [1.29, 1.82) is 0 Å². The third-order valence-corrected chi connectivity index (χ3v) is 11.4. The van der Waals surface area contributed by atoms with E-state index in [2.05, 4.69) is 76.2 Å². The van der Waals surface area contributed by atoms with Gasteiger partial charge in [-0.1, -0.05) is 76.2 Å². The zero-order chi connectivity index (χ0) is 27.1. The quantitative estimate of drug-likeness (QED) is 0.205. The summed E-state index contributed by atoms with van der Waals surface area (Å²) in [7, 11) is 0. The fourth-order valence-corrected chi connectivity index (χ4v) is 9.86. The molecule has 0 N–H and O–H groups in total. The molecule has 0 saturated carbocycles. The predicted molar refractivity (Wildman–Crippen MR) is 151 cm³/mol. The molecule has 0 aromatic heterocycles. The van der Waals surface area contributed by atoms with Crippen LogP contribution in [0.15, 0.2) is 0 Å². The summed E-state index contributed by atoms with van der Waals surface area (Å²) in [5, 5.41) is 0. The molecule has 0 bridgehead atoms. The molecule has 0 amide bonds. The Morgan fingerprint density at radius 3 is 1.00 bits per heavy atom. The first kappa shape index (κ1) is 33.5. The Morgan fingerprint density at radius 2 is 0.794 bits per heavy atom. The molecule has 0 aromatic rings. The molecule has 2 heteroatoms. The van der Waals surface area contributed by atoms with Gasteiger partial charge >= 0.3 is 5.97 Å². The molecule has 0 radical (unpaired) electrons. The lowest BCUT2D eigenvalue weighted by Gasteiger charge is -2.70. The Bertz CT molecular complexity index is 581. The van der Waals surface area contributed by atoms with Crippen LogP contribution in [0.1, 0.15) is 168 Å². The van der Waals surface area contributed by atoms with Crippen molar-refractivity contribution in [2.24, 2.45) is 27.1 Å². The third-order valence-electron chi connectivity index (χ3n) is 11.4. The van der Waals surface area contributed by atoms with E-state index in [-0.39, 0.29) is 27.6 Å². The number of esters is 1. The second kappa shape index (κ2) is 12.6. The number of carbonyl (C=O) groups excluding carboxylic acids is 1. The van der Waals surface area contributed by atoms with Crippen molar-refractivity contribution in [2.75, 3.05) is 0 Å². The number of hydrogen-bond acceptors (Lipinski definition) is 2. The minimum atomic E-state index is -0.494. The maximum Gasteiger partial charge on any atom is 0.313 e. The standard InChI is InChI=1S/C32H64O2/c1-15-28(16-2,17-3)30(20-6,21-7)32(24-10,25-11)31(22-8,23-9)29(18-4,19-5)26(33)34-27(12,13)14/h15-25H2,1-14H3. The molecule has 0 spiro atoms. The molecule has 0 unspecified atom stereocenters. The third kappa shape index (κ3) is 4.63. The lowest BCUT2D eigenvalue weighted by atomic mass is 9.33. The Morgan fingerprint density at radius 1 is 0.471 bits per heavy atom. The predicted octanol–water partition coefficient (Wildman–Crippen LogP) is 10.8. The number of rotatable bonds is 16. The molecule has 0 fully saturated rings. The van der Waals surface area contributed by atoms with Gasteiger partial charge in [-0.25, -0.2) is 0 Å². The summed E-state index contributed by atoms with van der Waals surface area (Å²) in [4.78, 5) is 14.3. The van der Waals surface area contributed by atoms with Crippen LogP contribution in [-0.4, -0.2) is 11.6 Å². The summed E-state index contributed by atoms with van der Waals surface area (Å²) < 4.78 is 6.28. The van der Waals surface area contributed by atoms with Crippen LogP contribution in [0, 0.1) is 27.1 Å². The fourth-order valence-electron chi connectivity index (χ4n) is 9.86. The highest BCUT2D eigenvalue weighted by molar-refractivity contribution is 5.78. The second-order valence-electron chi connectivity index (χ2n) is 12.0. The first-order valence-electron chi connectivity index (χ1n) is 15.0. The molecule has 0 saturated heterocycles. The van der Waals surface area contributed by atoms with Gasteiger partial charge in [-0.15, -0.1) is 0 Å². The molecular formula is C32H64O2. The van der Waals surface area contributed by atoms with Gasteiger partial charge in [0.05, 0.1) is 5.41 Å². The van der Waals surface area contributed by atoms with E-state index < -0.39 is 11.0 Å². The molecule has 0 rings (SSSR count). The average molecular weight is 481 g/mol. The first-order chi connectivity index (χ1) is 15.8. The van der Waals surface area contributed by atoms with Crippen molar-refractivity contribution >= 4 is 5.97 Å². The van der Waals surface area contributed by atoms with Gasteiger partial charge in [0.1, 0.15) is 5.60 Å². The van der Waals surface area contributed by atoms with Crippen LogP contribution < -0.4 is 0 Å². The normalized spacial score (nSPS) is 14.4. The zero-order valence-electron chi connectivity index (χ0n) is 26.1. The molecule has 0 heterocycles. The minimum Gasteiger partial charge on any atom is -0.460 e. The lowest BCUT2D eigenvalue weighted by Crippen LogP contribution is -2.66. The lowest BCUT2D eigenvalue weighted by molar-refractivity contribution is -0.238. The SMILES string of the molecule is CCC(CC)(CC)C(CC)(CC)C(CC)(CC)C(CC)(CC)C(CC)(CC)C(=O)OC(C)(C)C. The molecule has 0 atom stereocenters. The first-order valence-corrected chi connectivity index (χ1v) is 15.0. The van der Waals surface area contributed by atoms with Gasteiger partial charge in [0.15, 0.2) is 0 Å². The van der Waals surface area contributed by atoms with Gasteiger partial charge in [0.25, 0.3) is 0 Å². The van der Waals surface area contributed by atoms with Gasteiger partial charge in [-0.05, 0) is 113 Å². The maximum atomic E-state index is 14.3. The summed E-state index contributed by atoms with van der Waals surface area (Å²) in [6.07, 6.45) is 11.9. The molecule has 0 aliphatic rings. The van der Waals surface area contributed by atoms with E-state index in [0.29, 0.717) is 0 Å². The van der Waals surface area contributed by atoms with E-state index >= 15 is 0 Å². The van der Waals surface area contributed by atoms with Gasteiger partial charge in [-0.3, -0.25) is 4.79 Å². The van der Waals surface area contributed by atoms with Gasteiger partial charge < -0.3 is 4.74 Å². The van der Waals surface area contributed by atoms with Crippen LogP contribution in [0.4, 0.5) is 0 Å². The highest BCUT2D eigenvalue weighted by Gasteiger charge is 2.70. The summed E-state index contributed by atoms with van der Waals surface area (Å²) in [5.41, 5.74) is -0.644. The molecule has 204 valence electrons. The van der Waals surface area contributed by atoms with E-state index in [1.54, 1.807) is 0 Å². The molecule has 2 nitrogen and oxygen atoms in total. The van der Waals surface area contributed by atoms with Gasteiger partial charge in [0, 0.05) is 0 Å². The van der Waals surface area contributed by atoms with Crippen LogP contribution in [0.3, 0.4) is 0 Å². The highest BCUT2D eigenvalue weighted by atomic mass is 16.6. The smallest absolute Gasteiger partial charge is 0.313 e. The van der Waals surface area contributed by atoms with E-state index in [1.165, 1.54) is 32.1 Å². The molecule has 0 aliphatic carbocycles. The van der Waals surface area contributed by atoms with Crippen LogP contribution in [0.5, 0.6) is 0 Å². The van der Waals surface area contributed by atoms with E-state index in [4.69, 9.17) is 4.74 Å². The summed E-state index contributed by atoms with van der Waals surface area (Å²) in [5.74, 6) is 0.0381. The number of hydrogen-bond donors (Lipinski definition) is 0. The number of carbonyl (C=O) groups is 1. The topological polar surface area (TPSA) is 26.3 Å². The largest absolute Gasteiger partial charge is 0.460 e.